The van der Waals surface area contributed by atoms with Gasteiger partial charge in [-0.15, -0.1) is 0 Å². The first-order valence-corrected chi connectivity index (χ1v) is 7.81. The van der Waals surface area contributed by atoms with E-state index in [4.69, 9.17) is 27.9 Å². The molecule has 7 heteroatoms. The molecule has 120 valence electrons. The summed E-state index contributed by atoms with van der Waals surface area (Å²) in [5, 5.41) is 3.46. The molecule has 0 radical (unpaired) electrons. The van der Waals surface area contributed by atoms with E-state index in [2.05, 4.69) is 5.32 Å². The highest BCUT2D eigenvalue weighted by Crippen LogP contribution is 2.29. The summed E-state index contributed by atoms with van der Waals surface area (Å²) in [4.78, 5) is 25.1. The Morgan fingerprint density at radius 2 is 2.09 bits per heavy atom. The highest BCUT2D eigenvalue weighted by Gasteiger charge is 2.25. The van der Waals surface area contributed by atoms with Gasteiger partial charge in [0, 0.05) is 26.4 Å². The van der Waals surface area contributed by atoms with Crippen molar-refractivity contribution in [2.24, 2.45) is 0 Å². The summed E-state index contributed by atoms with van der Waals surface area (Å²) in [5.41, 5.74) is 0.887. The molecule has 0 unspecified atom stereocenters. The van der Waals surface area contributed by atoms with Crippen LogP contribution < -0.4 is 5.32 Å². The minimum absolute atomic E-state index is 0.0445. The lowest BCUT2D eigenvalue weighted by Crippen LogP contribution is -2.42. The molecular weight excluding hydrogens is 327 g/mol. The summed E-state index contributed by atoms with van der Waals surface area (Å²) in [6, 6.07) is 5.32. The molecule has 0 spiro atoms. The number of nitrogens with zero attached hydrogens (tertiary/aromatic N) is 1. The second kappa shape index (κ2) is 7.81. The minimum Gasteiger partial charge on any atom is -0.370 e. The molecule has 1 fully saturated rings. The third-order valence-corrected chi connectivity index (χ3v) is 4.32. The number of morpholine rings is 1. The fourth-order valence-corrected chi connectivity index (χ4v) is 2.60. The molecule has 0 aromatic heterocycles. The van der Waals surface area contributed by atoms with Crippen LogP contribution >= 0.6 is 23.2 Å². The van der Waals surface area contributed by atoms with E-state index >= 15 is 0 Å². The Labute approximate surface area is 139 Å². The van der Waals surface area contributed by atoms with Crippen molar-refractivity contribution < 1.29 is 14.3 Å². The van der Waals surface area contributed by atoms with Gasteiger partial charge in [0.1, 0.15) is 6.10 Å². The molecule has 1 heterocycles. The predicted octanol–water partition coefficient (Wildman–Crippen LogP) is 2.42. The second-order valence-electron chi connectivity index (χ2n) is 5.05. The zero-order valence-corrected chi connectivity index (χ0v) is 13.8. The van der Waals surface area contributed by atoms with E-state index in [0.29, 0.717) is 29.7 Å². The molecular formula is C15H18Cl2N2O3. The Bertz CT molecular complexity index is 566. The molecule has 1 aromatic carbocycles. The summed E-state index contributed by atoms with van der Waals surface area (Å²) in [5.74, 6) is -0.181. The number of hydrogen-bond donors (Lipinski definition) is 1. The monoisotopic (exact) mass is 344 g/mol. The van der Waals surface area contributed by atoms with Crippen molar-refractivity contribution in [1.29, 1.82) is 0 Å². The summed E-state index contributed by atoms with van der Waals surface area (Å²) < 4.78 is 5.71. The van der Waals surface area contributed by atoms with E-state index < -0.39 is 0 Å². The average molecular weight is 345 g/mol. The van der Waals surface area contributed by atoms with Gasteiger partial charge in [-0.2, -0.15) is 0 Å². The standard InChI is InChI=1S/C15H18Cl2N2O3/c1-18-14(20)4-5-15(21)19-6-7-22-13(9-19)10-2-3-11(16)12(17)8-10/h2-3,8,13H,4-7,9H2,1H3,(H,18,20)/t13-/m1/s1. The van der Waals surface area contributed by atoms with Crippen molar-refractivity contribution in [1.82, 2.24) is 10.2 Å². The highest BCUT2D eigenvalue weighted by atomic mass is 35.5. The topological polar surface area (TPSA) is 58.6 Å². The molecule has 1 aromatic rings. The largest absolute Gasteiger partial charge is 0.370 e. The van der Waals surface area contributed by atoms with Gasteiger partial charge < -0.3 is 15.0 Å². The van der Waals surface area contributed by atoms with Crippen molar-refractivity contribution in [3.8, 4) is 0 Å². The van der Waals surface area contributed by atoms with Gasteiger partial charge in [0.05, 0.1) is 23.2 Å². The molecule has 0 saturated carbocycles. The minimum atomic E-state index is -0.229. The van der Waals surface area contributed by atoms with Crippen LogP contribution in [0.25, 0.3) is 0 Å². The Balaban J connectivity index is 1.97. The fraction of sp³-hybridized carbons (Fsp3) is 0.467. The quantitative estimate of drug-likeness (QED) is 0.912. The number of hydrogen-bond acceptors (Lipinski definition) is 3. The summed E-state index contributed by atoms with van der Waals surface area (Å²) in [7, 11) is 1.56. The Morgan fingerprint density at radius 1 is 1.32 bits per heavy atom. The van der Waals surface area contributed by atoms with E-state index in [1.54, 1.807) is 24.1 Å². The lowest BCUT2D eigenvalue weighted by Gasteiger charge is -2.33. The van der Waals surface area contributed by atoms with Gasteiger partial charge in [-0.1, -0.05) is 29.3 Å². The number of carbonyl (C=O) groups is 2. The van der Waals surface area contributed by atoms with Crippen LogP contribution in [-0.4, -0.2) is 43.5 Å². The van der Waals surface area contributed by atoms with Crippen LogP contribution in [0.2, 0.25) is 10.0 Å². The van der Waals surface area contributed by atoms with E-state index in [-0.39, 0.29) is 30.8 Å². The summed E-state index contributed by atoms with van der Waals surface area (Å²) in [6.07, 6.45) is 0.171. The second-order valence-corrected chi connectivity index (χ2v) is 5.86. The number of rotatable bonds is 4. The Kier molecular flexibility index (Phi) is 6.06. The molecule has 1 saturated heterocycles. The number of nitrogens with one attached hydrogen (secondary N) is 1. The molecule has 0 aliphatic carbocycles. The molecule has 5 nitrogen and oxygen atoms in total. The average Bonchev–Trinajstić information content (AvgIpc) is 2.54. The number of benzene rings is 1. The van der Waals surface area contributed by atoms with Crippen LogP contribution in [-0.2, 0) is 14.3 Å². The molecule has 22 heavy (non-hydrogen) atoms. The van der Waals surface area contributed by atoms with Crippen molar-refractivity contribution in [2.75, 3.05) is 26.7 Å². The normalized spacial score (nSPS) is 18.1. The van der Waals surface area contributed by atoms with Gasteiger partial charge in [0.25, 0.3) is 0 Å². The van der Waals surface area contributed by atoms with Crippen LogP contribution in [0.3, 0.4) is 0 Å². The number of carbonyl (C=O) groups excluding carboxylic acids is 2. The number of amides is 2. The highest BCUT2D eigenvalue weighted by molar-refractivity contribution is 6.42. The first kappa shape index (κ1) is 17.1. The molecule has 1 aliphatic rings. The third kappa shape index (κ3) is 4.35. The van der Waals surface area contributed by atoms with Crippen LogP contribution in [0.15, 0.2) is 18.2 Å². The first-order chi connectivity index (χ1) is 10.5. The molecule has 2 rings (SSSR count). The molecule has 0 bridgehead atoms. The van der Waals surface area contributed by atoms with E-state index in [9.17, 15) is 9.59 Å². The SMILES string of the molecule is CNC(=O)CCC(=O)N1CCO[C@@H](c2ccc(Cl)c(Cl)c2)C1. The zero-order chi connectivity index (χ0) is 16.1. The maximum Gasteiger partial charge on any atom is 0.223 e. The van der Waals surface area contributed by atoms with Gasteiger partial charge >= 0.3 is 0 Å². The van der Waals surface area contributed by atoms with Gasteiger partial charge in [-0.25, -0.2) is 0 Å². The van der Waals surface area contributed by atoms with Crippen LogP contribution in [0.4, 0.5) is 0 Å². The maximum absolute atomic E-state index is 12.2. The van der Waals surface area contributed by atoms with Crippen molar-refractivity contribution in [2.45, 2.75) is 18.9 Å². The first-order valence-electron chi connectivity index (χ1n) is 7.06. The smallest absolute Gasteiger partial charge is 0.223 e. The molecule has 1 atom stereocenters. The van der Waals surface area contributed by atoms with E-state index in [1.807, 2.05) is 6.07 Å². The summed E-state index contributed by atoms with van der Waals surface area (Å²) >= 11 is 11.9. The maximum atomic E-state index is 12.2. The van der Waals surface area contributed by atoms with Crippen LogP contribution in [0.1, 0.15) is 24.5 Å². The third-order valence-electron chi connectivity index (χ3n) is 3.58. The molecule has 1 N–H and O–H groups in total. The van der Waals surface area contributed by atoms with Gasteiger partial charge in [0.2, 0.25) is 11.8 Å². The lowest BCUT2D eigenvalue weighted by atomic mass is 10.1. The van der Waals surface area contributed by atoms with Crippen LogP contribution in [0, 0.1) is 0 Å². The zero-order valence-electron chi connectivity index (χ0n) is 12.3. The van der Waals surface area contributed by atoms with Crippen molar-refractivity contribution in [3.63, 3.8) is 0 Å². The van der Waals surface area contributed by atoms with E-state index in [0.717, 1.165) is 5.56 Å². The van der Waals surface area contributed by atoms with Gasteiger partial charge in [0.15, 0.2) is 0 Å². The summed E-state index contributed by atoms with van der Waals surface area (Å²) in [6.45, 7) is 1.44. The van der Waals surface area contributed by atoms with Crippen LogP contribution in [0.5, 0.6) is 0 Å². The van der Waals surface area contributed by atoms with Gasteiger partial charge in [-0.3, -0.25) is 9.59 Å². The molecule has 1 aliphatic heterocycles. The Hall–Kier alpha value is -1.30. The molecule has 2 amide bonds. The number of ether oxygens (including phenoxy) is 1. The predicted molar refractivity (Wildman–Crippen MR) is 85.0 cm³/mol. The van der Waals surface area contributed by atoms with Crippen molar-refractivity contribution >= 4 is 35.0 Å². The Morgan fingerprint density at radius 3 is 2.77 bits per heavy atom. The van der Waals surface area contributed by atoms with E-state index in [1.165, 1.54) is 0 Å². The fourth-order valence-electron chi connectivity index (χ4n) is 2.29. The lowest BCUT2D eigenvalue weighted by molar-refractivity contribution is -0.140. The van der Waals surface area contributed by atoms with Crippen molar-refractivity contribution in [3.05, 3.63) is 33.8 Å². The number of halogens is 2. The van der Waals surface area contributed by atoms with Gasteiger partial charge in [-0.05, 0) is 17.7 Å².